The summed E-state index contributed by atoms with van der Waals surface area (Å²) in [5.41, 5.74) is 1.42. The van der Waals surface area contributed by atoms with Gasteiger partial charge in [0.05, 0.1) is 0 Å². The molecule has 2 rings (SSSR count). The highest BCUT2D eigenvalue weighted by atomic mass is 16.2. The van der Waals surface area contributed by atoms with E-state index in [2.05, 4.69) is 26.2 Å². The van der Waals surface area contributed by atoms with Crippen LogP contribution in [0.25, 0.3) is 11.4 Å². The Morgan fingerprint density at radius 3 is 2.50 bits per heavy atom. The van der Waals surface area contributed by atoms with Gasteiger partial charge >= 0.3 is 0 Å². The highest BCUT2D eigenvalue weighted by molar-refractivity contribution is 5.97. The first-order valence-electron chi connectivity index (χ1n) is 8.71. The van der Waals surface area contributed by atoms with Gasteiger partial charge in [-0.2, -0.15) is 0 Å². The quantitative estimate of drug-likeness (QED) is 0.788. The summed E-state index contributed by atoms with van der Waals surface area (Å²) in [4.78, 5) is 24.7. The third-order valence-corrected chi connectivity index (χ3v) is 3.87. The molecule has 140 valence electrons. The van der Waals surface area contributed by atoms with Crippen molar-refractivity contribution in [1.29, 1.82) is 0 Å². The molecule has 2 N–H and O–H groups in total. The summed E-state index contributed by atoms with van der Waals surface area (Å²) in [6.07, 6.45) is 0.394. The van der Waals surface area contributed by atoms with E-state index in [1.54, 1.807) is 23.9 Å². The van der Waals surface area contributed by atoms with Crippen LogP contribution in [0.5, 0.6) is 0 Å². The molecule has 1 atom stereocenters. The van der Waals surface area contributed by atoms with Gasteiger partial charge in [0, 0.05) is 24.7 Å². The zero-order valence-corrected chi connectivity index (χ0v) is 15.9. The summed E-state index contributed by atoms with van der Waals surface area (Å²) in [5, 5.41) is 17.1. The second-order valence-electron chi connectivity index (χ2n) is 7.08. The molecule has 0 saturated carbocycles. The number of aryl methyl sites for hydroxylation is 1. The number of hydrogen-bond donors (Lipinski definition) is 2. The zero-order chi connectivity index (χ0) is 19.3. The molecular formula is C18H26N6O2. The van der Waals surface area contributed by atoms with E-state index in [-0.39, 0.29) is 23.7 Å². The van der Waals surface area contributed by atoms with E-state index in [0.29, 0.717) is 17.9 Å². The lowest BCUT2D eigenvalue weighted by Crippen LogP contribution is -2.47. The molecule has 8 heteroatoms. The number of tetrazole rings is 1. The van der Waals surface area contributed by atoms with Crippen LogP contribution in [-0.2, 0) is 16.6 Å². The average Bonchev–Trinajstić information content (AvgIpc) is 2.98. The molecule has 0 radical (unpaired) electrons. The number of anilines is 1. The van der Waals surface area contributed by atoms with Crippen LogP contribution in [0.1, 0.15) is 34.1 Å². The van der Waals surface area contributed by atoms with Crippen molar-refractivity contribution in [2.75, 3.05) is 5.32 Å². The van der Waals surface area contributed by atoms with Crippen molar-refractivity contribution in [3.05, 3.63) is 24.3 Å². The minimum Gasteiger partial charge on any atom is -0.344 e. The van der Waals surface area contributed by atoms with E-state index >= 15 is 0 Å². The average molecular weight is 358 g/mol. The Balaban J connectivity index is 2.11. The lowest BCUT2D eigenvalue weighted by molar-refractivity contribution is -0.127. The van der Waals surface area contributed by atoms with Crippen molar-refractivity contribution in [1.82, 2.24) is 25.5 Å². The molecule has 8 nitrogen and oxygen atoms in total. The Labute approximate surface area is 153 Å². The van der Waals surface area contributed by atoms with Crippen LogP contribution in [0.4, 0.5) is 5.69 Å². The summed E-state index contributed by atoms with van der Waals surface area (Å²) in [7, 11) is 1.75. The van der Waals surface area contributed by atoms with Gasteiger partial charge in [-0.1, -0.05) is 39.8 Å². The van der Waals surface area contributed by atoms with Crippen LogP contribution < -0.4 is 10.6 Å². The van der Waals surface area contributed by atoms with E-state index in [4.69, 9.17) is 0 Å². The van der Waals surface area contributed by atoms with Crippen molar-refractivity contribution < 1.29 is 9.59 Å². The van der Waals surface area contributed by atoms with Crippen molar-refractivity contribution in [2.45, 2.75) is 40.2 Å². The van der Waals surface area contributed by atoms with E-state index in [9.17, 15) is 9.59 Å². The third-order valence-electron chi connectivity index (χ3n) is 3.87. The zero-order valence-electron chi connectivity index (χ0n) is 15.9. The predicted octanol–water partition coefficient (Wildman–Crippen LogP) is 2.00. The molecule has 0 bridgehead atoms. The Morgan fingerprint density at radius 1 is 1.19 bits per heavy atom. The third kappa shape index (κ3) is 5.11. The molecule has 2 aromatic rings. The lowest BCUT2D eigenvalue weighted by atomic mass is 10.0. The maximum Gasteiger partial charge on any atom is 0.247 e. The molecule has 1 aromatic heterocycles. The molecule has 2 amide bonds. The monoisotopic (exact) mass is 358 g/mol. The molecule has 0 aliphatic rings. The van der Waals surface area contributed by atoms with Crippen molar-refractivity contribution in [2.24, 2.45) is 18.9 Å². The second-order valence-corrected chi connectivity index (χ2v) is 7.08. The van der Waals surface area contributed by atoms with E-state index < -0.39 is 6.04 Å². The molecular weight excluding hydrogens is 332 g/mol. The summed E-state index contributed by atoms with van der Waals surface area (Å²) in [6.45, 7) is 7.75. The van der Waals surface area contributed by atoms with E-state index in [1.165, 1.54) is 0 Å². The minimum atomic E-state index is -0.596. The maximum absolute atomic E-state index is 12.7. The van der Waals surface area contributed by atoms with Crippen molar-refractivity contribution in [3.63, 3.8) is 0 Å². The number of hydrogen-bond acceptors (Lipinski definition) is 5. The van der Waals surface area contributed by atoms with Gasteiger partial charge in [-0.05, 0) is 34.4 Å². The number of rotatable bonds is 7. The molecule has 1 heterocycles. The van der Waals surface area contributed by atoms with Crippen molar-refractivity contribution in [3.8, 4) is 11.4 Å². The van der Waals surface area contributed by atoms with Crippen LogP contribution in [0.15, 0.2) is 24.3 Å². The first-order chi connectivity index (χ1) is 12.3. The summed E-state index contributed by atoms with van der Waals surface area (Å²) >= 11 is 0. The van der Waals surface area contributed by atoms with Crippen LogP contribution in [0, 0.1) is 11.8 Å². The fourth-order valence-corrected chi connectivity index (χ4v) is 2.57. The van der Waals surface area contributed by atoms with Gasteiger partial charge in [0.15, 0.2) is 5.82 Å². The molecule has 0 fully saturated rings. The standard InChI is InChI=1S/C18H26N6O2/c1-11(2)9-15(25)20-16(12(3)4)18(26)19-14-8-6-7-13(10-14)17-21-22-23-24(17)5/h6-8,10-12,16H,9H2,1-5H3,(H,19,26)(H,20,25). The lowest BCUT2D eigenvalue weighted by Gasteiger charge is -2.22. The number of carbonyl (C=O) groups is 2. The Morgan fingerprint density at radius 2 is 1.92 bits per heavy atom. The summed E-state index contributed by atoms with van der Waals surface area (Å²) in [5.74, 6) is 0.449. The molecule has 26 heavy (non-hydrogen) atoms. The highest BCUT2D eigenvalue weighted by Crippen LogP contribution is 2.20. The fourth-order valence-electron chi connectivity index (χ4n) is 2.57. The van der Waals surface area contributed by atoms with Gasteiger partial charge in [0.1, 0.15) is 6.04 Å². The van der Waals surface area contributed by atoms with Crippen LogP contribution in [0.3, 0.4) is 0 Å². The van der Waals surface area contributed by atoms with E-state index in [1.807, 2.05) is 39.8 Å². The highest BCUT2D eigenvalue weighted by Gasteiger charge is 2.24. The largest absolute Gasteiger partial charge is 0.344 e. The minimum absolute atomic E-state index is 0.0303. The number of amides is 2. The number of carbonyl (C=O) groups excluding carboxylic acids is 2. The molecule has 0 aliphatic carbocycles. The number of benzene rings is 1. The first kappa shape index (κ1) is 19.6. The van der Waals surface area contributed by atoms with Gasteiger partial charge in [0.2, 0.25) is 11.8 Å². The summed E-state index contributed by atoms with van der Waals surface area (Å²) < 4.78 is 1.56. The number of aromatic nitrogens is 4. The molecule has 1 aromatic carbocycles. The van der Waals surface area contributed by atoms with Gasteiger partial charge < -0.3 is 10.6 Å². The number of nitrogens with zero attached hydrogens (tertiary/aromatic N) is 4. The molecule has 0 spiro atoms. The second kappa shape index (κ2) is 8.55. The number of nitrogens with one attached hydrogen (secondary N) is 2. The fraction of sp³-hybridized carbons (Fsp3) is 0.500. The van der Waals surface area contributed by atoms with Gasteiger partial charge in [-0.25, -0.2) is 4.68 Å². The maximum atomic E-state index is 12.7. The van der Waals surface area contributed by atoms with Gasteiger partial charge in [-0.3, -0.25) is 9.59 Å². The smallest absolute Gasteiger partial charge is 0.247 e. The van der Waals surface area contributed by atoms with E-state index in [0.717, 1.165) is 5.56 Å². The Kier molecular flexibility index (Phi) is 6.43. The normalized spacial score (nSPS) is 12.3. The SMILES string of the molecule is CC(C)CC(=O)NC(C(=O)Nc1cccc(-c2nnnn2C)c1)C(C)C. The topological polar surface area (TPSA) is 102 Å². The Hall–Kier alpha value is -2.77. The molecule has 1 unspecified atom stereocenters. The Bertz CT molecular complexity index is 769. The summed E-state index contributed by atoms with van der Waals surface area (Å²) in [6, 6.07) is 6.68. The first-order valence-corrected chi connectivity index (χ1v) is 8.71. The van der Waals surface area contributed by atoms with Crippen LogP contribution in [-0.4, -0.2) is 38.1 Å². The van der Waals surface area contributed by atoms with Crippen LogP contribution in [0.2, 0.25) is 0 Å². The van der Waals surface area contributed by atoms with Crippen LogP contribution >= 0.6 is 0 Å². The van der Waals surface area contributed by atoms with Gasteiger partial charge in [-0.15, -0.1) is 5.10 Å². The predicted molar refractivity (Wildman–Crippen MR) is 99.1 cm³/mol. The molecule has 0 aliphatic heterocycles. The van der Waals surface area contributed by atoms with Crippen molar-refractivity contribution >= 4 is 17.5 Å². The molecule has 0 saturated heterocycles. The van der Waals surface area contributed by atoms with Gasteiger partial charge in [0.25, 0.3) is 0 Å².